The molecule has 1 aliphatic rings. The van der Waals surface area contributed by atoms with E-state index < -0.39 is 0 Å². The number of piperazine rings is 1. The first-order valence-electron chi connectivity index (χ1n) is 8.33. The van der Waals surface area contributed by atoms with Crippen molar-refractivity contribution in [3.63, 3.8) is 0 Å². The standard InChI is InChI=1S/C19H23N3O3/c1-14(23)22-12-11-21(19(24)17-5-4-10-20(17)2)13-18(22)15-6-8-16(25-3)9-7-15/h4-10,18H,11-13H2,1-3H3. The summed E-state index contributed by atoms with van der Waals surface area (Å²) in [6.45, 7) is 3.12. The molecular formula is C19H23N3O3. The monoisotopic (exact) mass is 341 g/mol. The normalized spacial score (nSPS) is 17.5. The van der Waals surface area contributed by atoms with E-state index in [1.807, 2.05) is 64.0 Å². The van der Waals surface area contributed by atoms with Crippen LogP contribution in [0.25, 0.3) is 0 Å². The molecular weight excluding hydrogens is 318 g/mol. The Morgan fingerprint density at radius 1 is 1.12 bits per heavy atom. The highest BCUT2D eigenvalue weighted by Crippen LogP contribution is 2.28. The van der Waals surface area contributed by atoms with E-state index in [0.29, 0.717) is 25.3 Å². The molecule has 1 atom stereocenters. The molecule has 1 aromatic carbocycles. The van der Waals surface area contributed by atoms with Crippen molar-refractivity contribution in [3.05, 3.63) is 53.9 Å². The largest absolute Gasteiger partial charge is 0.497 e. The third kappa shape index (κ3) is 3.38. The molecule has 6 nitrogen and oxygen atoms in total. The third-order valence-electron chi connectivity index (χ3n) is 4.74. The number of amides is 2. The zero-order chi connectivity index (χ0) is 18.0. The molecule has 0 bridgehead atoms. The number of hydrogen-bond acceptors (Lipinski definition) is 3. The summed E-state index contributed by atoms with van der Waals surface area (Å²) >= 11 is 0. The first-order valence-corrected chi connectivity index (χ1v) is 8.33. The minimum absolute atomic E-state index is 0.00536. The summed E-state index contributed by atoms with van der Waals surface area (Å²) in [5.41, 5.74) is 1.66. The molecule has 2 amide bonds. The van der Waals surface area contributed by atoms with E-state index in [1.54, 1.807) is 14.0 Å². The SMILES string of the molecule is COc1ccc(C2CN(C(=O)c3cccn3C)CCN2C(C)=O)cc1. The maximum atomic E-state index is 12.8. The van der Waals surface area contributed by atoms with Gasteiger partial charge < -0.3 is 19.1 Å². The Bertz CT molecular complexity index is 766. The Kier molecular flexibility index (Phi) is 4.79. The van der Waals surface area contributed by atoms with E-state index in [-0.39, 0.29) is 17.9 Å². The smallest absolute Gasteiger partial charge is 0.270 e. The van der Waals surface area contributed by atoms with Crippen LogP contribution in [0.1, 0.15) is 29.0 Å². The van der Waals surface area contributed by atoms with Crippen LogP contribution in [0.5, 0.6) is 5.75 Å². The van der Waals surface area contributed by atoms with Gasteiger partial charge in [0, 0.05) is 39.8 Å². The van der Waals surface area contributed by atoms with Gasteiger partial charge in [-0.2, -0.15) is 0 Å². The Morgan fingerprint density at radius 2 is 1.84 bits per heavy atom. The molecule has 25 heavy (non-hydrogen) atoms. The Balaban J connectivity index is 1.85. The quantitative estimate of drug-likeness (QED) is 0.859. The average Bonchev–Trinajstić information content (AvgIpc) is 3.06. The minimum Gasteiger partial charge on any atom is -0.497 e. The fraction of sp³-hybridized carbons (Fsp3) is 0.368. The first-order chi connectivity index (χ1) is 12.0. The topological polar surface area (TPSA) is 54.8 Å². The van der Waals surface area contributed by atoms with Gasteiger partial charge in [-0.3, -0.25) is 9.59 Å². The van der Waals surface area contributed by atoms with Crippen LogP contribution in [0.15, 0.2) is 42.6 Å². The zero-order valence-corrected chi connectivity index (χ0v) is 14.8. The van der Waals surface area contributed by atoms with Gasteiger partial charge in [-0.05, 0) is 29.8 Å². The fourth-order valence-electron chi connectivity index (χ4n) is 3.30. The number of hydrogen-bond donors (Lipinski definition) is 0. The predicted molar refractivity (Wildman–Crippen MR) is 94.4 cm³/mol. The maximum Gasteiger partial charge on any atom is 0.270 e. The lowest BCUT2D eigenvalue weighted by atomic mass is 10.0. The molecule has 1 saturated heterocycles. The number of aromatic nitrogens is 1. The maximum absolute atomic E-state index is 12.8. The molecule has 0 radical (unpaired) electrons. The van der Waals surface area contributed by atoms with Gasteiger partial charge in [-0.25, -0.2) is 0 Å². The molecule has 0 N–H and O–H groups in total. The van der Waals surface area contributed by atoms with Gasteiger partial charge in [0.1, 0.15) is 11.4 Å². The van der Waals surface area contributed by atoms with Gasteiger partial charge in [0.15, 0.2) is 0 Å². The number of carbonyl (C=O) groups excluding carboxylic acids is 2. The van der Waals surface area contributed by atoms with E-state index in [4.69, 9.17) is 4.74 Å². The number of nitrogens with zero attached hydrogens (tertiary/aromatic N) is 3. The molecule has 2 heterocycles. The Morgan fingerprint density at radius 3 is 2.40 bits per heavy atom. The van der Waals surface area contributed by atoms with Gasteiger partial charge >= 0.3 is 0 Å². The molecule has 132 valence electrons. The molecule has 0 saturated carbocycles. The Labute approximate surface area is 147 Å². The summed E-state index contributed by atoms with van der Waals surface area (Å²) in [5, 5.41) is 0. The van der Waals surface area contributed by atoms with Crippen molar-refractivity contribution < 1.29 is 14.3 Å². The highest BCUT2D eigenvalue weighted by molar-refractivity contribution is 5.93. The molecule has 1 aromatic heterocycles. The number of methoxy groups -OCH3 is 1. The molecule has 0 aliphatic carbocycles. The van der Waals surface area contributed by atoms with E-state index in [2.05, 4.69) is 0 Å². The molecule has 3 rings (SSSR count). The van der Waals surface area contributed by atoms with Crippen LogP contribution >= 0.6 is 0 Å². The highest BCUT2D eigenvalue weighted by atomic mass is 16.5. The lowest BCUT2D eigenvalue weighted by Gasteiger charge is -2.41. The van der Waals surface area contributed by atoms with Crippen LogP contribution < -0.4 is 4.74 Å². The molecule has 2 aromatic rings. The van der Waals surface area contributed by atoms with Crippen LogP contribution in [-0.2, 0) is 11.8 Å². The molecule has 1 aliphatic heterocycles. The van der Waals surface area contributed by atoms with Crippen LogP contribution in [-0.4, -0.2) is 52.9 Å². The summed E-state index contributed by atoms with van der Waals surface area (Å²) in [5.74, 6) is 0.784. The predicted octanol–water partition coefficient (Wildman–Crippen LogP) is 2.08. The van der Waals surface area contributed by atoms with Gasteiger partial charge in [0.2, 0.25) is 5.91 Å². The van der Waals surface area contributed by atoms with Gasteiger partial charge in [0.25, 0.3) is 5.91 Å². The average molecular weight is 341 g/mol. The van der Waals surface area contributed by atoms with E-state index in [0.717, 1.165) is 11.3 Å². The minimum atomic E-state index is -0.152. The van der Waals surface area contributed by atoms with Crippen LogP contribution in [0, 0.1) is 0 Å². The molecule has 1 fully saturated rings. The molecule has 0 spiro atoms. The fourth-order valence-corrected chi connectivity index (χ4v) is 3.30. The van der Waals surface area contributed by atoms with Crippen molar-refractivity contribution in [1.29, 1.82) is 0 Å². The summed E-state index contributed by atoms with van der Waals surface area (Å²) < 4.78 is 7.03. The van der Waals surface area contributed by atoms with Crippen LogP contribution in [0.3, 0.4) is 0 Å². The number of rotatable bonds is 3. The van der Waals surface area contributed by atoms with Crippen LogP contribution in [0.4, 0.5) is 0 Å². The van der Waals surface area contributed by atoms with Gasteiger partial charge in [0.05, 0.1) is 13.2 Å². The summed E-state index contributed by atoms with van der Waals surface area (Å²) in [6, 6.07) is 11.2. The van der Waals surface area contributed by atoms with E-state index in [9.17, 15) is 9.59 Å². The lowest BCUT2D eigenvalue weighted by molar-refractivity contribution is -0.133. The second-order valence-corrected chi connectivity index (χ2v) is 6.26. The third-order valence-corrected chi connectivity index (χ3v) is 4.74. The number of ether oxygens (including phenoxy) is 1. The summed E-state index contributed by atoms with van der Waals surface area (Å²) in [4.78, 5) is 28.5. The number of benzene rings is 1. The van der Waals surface area contributed by atoms with E-state index >= 15 is 0 Å². The molecule has 6 heteroatoms. The van der Waals surface area contributed by atoms with Crippen LogP contribution in [0.2, 0.25) is 0 Å². The first kappa shape index (κ1) is 17.1. The second-order valence-electron chi connectivity index (χ2n) is 6.26. The Hall–Kier alpha value is -2.76. The second kappa shape index (κ2) is 7.01. The highest BCUT2D eigenvalue weighted by Gasteiger charge is 2.33. The van der Waals surface area contributed by atoms with Crippen molar-refractivity contribution in [2.24, 2.45) is 7.05 Å². The zero-order valence-electron chi connectivity index (χ0n) is 14.8. The van der Waals surface area contributed by atoms with Crippen molar-refractivity contribution in [2.75, 3.05) is 26.7 Å². The molecule has 1 unspecified atom stereocenters. The summed E-state index contributed by atoms with van der Waals surface area (Å²) in [7, 11) is 3.48. The van der Waals surface area contributed by atoms with E-state index in [1.165, 1.54) is 0 Å². The summed E-state index contributed by atoms with van der Waals surface area (Å²) in [6.07, 6.45) is 1.86. The van der Waals surface area contributed by atoms with Crippen molar-refractivity contribution >= 4 is 11.8 Å². The van der Waals surface area contributed by atoms with Gasteiger partial charge in [-0.15, -0.1) is 0 Å². The lowest BCUT2D eigenvalue weighted by Crippen LogP contribution is -2.52. The van der Waals surface area contributed by atoms with Crippen molar-refractivity contribution in [3.8, 4) is 5.75 Å². The number of carbonyl (C=O) groups is 2. The van der Waals surface area contributed by atoms with Crippen molar-refractivity contribution in [2.45, 2.75) is 13.0 Å². The van der Waals surface area contributed by atoms with Crippen molar-refractivity contribution in [1.82, 2.24) is 14.4 Å². The number of aryl methyl sites for hydroxylation is 1. The van der Waals surface area contributed by atoms with Gasteiger partial charge in [-0.1, -0.05) is 12.1 Å².